The zero-order valence-corrected chi connectivity index (χ0v) is 19.0. The van der Waals surface area contributed by atoms with E-state index in [0.29, 0.717) is 23.4 Å². The molecule has 10 heteroatoms. The lowest BCUT2D eigenvalue weighted by molar-refractivity contribution is -0.141. The first-order chi connectivity index (χ1) is 16.1. The molecule has 3 aromatic rings. The highest BCUT2D eigenvalue weighted by molar-refractivity contribution is 5.94. The van der Waals surface area contributed by atoms with Gasteiger partial charge in [0, 0.05) is 31.4 Å². The Morgan fingerprint density at radius 1 is 1.09 bits per heavy atom. The summed E-state index contributed by atoms with van der Waals surface area (Å²) >= 11 is 0. The van der Waals surface area contributed by atoms with Crippen molar-refractivity contribution in [2.24, 2.45) is 0 Å². The van der Waals surface area contributed by atoms with Crippen molar-refractivity contribution < 1.29 is 27.5 Å². The van der Waals surface area contributed by atoms with E-state index in [9.17, 15) is 22.8 Å². The van der Waals surface area contributed by atoms with Crippen LogP contribution in [0.15, 0.2) is 60.8 Å². The van der Waals surface area contributed by atoms with E-state index >= 15 is 0 Å². The fourth-order valence-corrected chi connectivity index (χ4v) is 3.19. The molecule has 1 unspecified atom stereocenters. The third kappa shape index (κ3) is 5.94. The van der Waals surface area contributed by atoms with E-state index in [4.69, 9.17) is 4.74 Å². The van der Waals surface area contributed by atoms with Gasteiger partial charge in [-0.05, 0) is 42.8 Å². The van der Waals surface area contributed by atoms with Crippen LogP contribution in [0, 0.1) is 0 Å². The van der Waals surface area contributed by atoms with Gasteiger partial charge in [0.1, 0.15) is 5.75 Å². The smallest absolute Gasteiger partial charge is 0.435 e. The highest BCUT2D eigenvalue weighted by Crippen LogP contribution is 2.29. The minimum absolute atomic E-state index is 0.126. The number of nitrogens with zero attached hydrogens (tertiary/aromatic N) is 3. The lowest BCUT2D eigenvalue weighted by atomic mass is 10.0. The Morgan fingerprint density at radius 3 is 2.35 bits per heavy atom. The molecule has 0 aliphatic rings. The highest BCUT2D eigenvalue weighted by Gasteiger charge is 2.33. The van der Waals surface area contributed by atoms with Crippen LogP contribution in [0.1, 0.15) is 41.0 Å². The maximum atomic E-state index is 12.9. The summed E-state index contributed by atoms with van der Waals surface area (Å²) in [6, 6.07) is 13.8. The molecule has 0 fully saturated rings. The van der Waals surface area contributed by atoms with Gasteiger partial charge in [0.2, 0.25) is 0 Å². The van der Waals surface area contributed by atoms with Crippen LogP contribution < -0.4 is 10.1 Å². The van der Waals surface area contributed by atoms with Gasteiger partial charge >= 0.3 is 6.18 Å². The molecule has 180 valence electrons. The Bertz CT molecular complexity index is 1140. The number of nitrogens with one attached hydrogen (secondary N) is 1. The molecular formula is C24H25F3N4O3. The molecule has 0 saturated heterocycles. The molecule has 3 rings (SSSR count). The number of alkyl halides is 3. The molecule has 1 aromatic heterocycles. The summed E-state index contributed by atoms with van der Waals surface area (Å²) in [5.41, 5.74) is 0.473. The number of ether oxygens (including phenoxy) is 1. The molecule has 1 atom stereocenters. The van der Waals surface area contributed by atoms with Crippen molar-refractivity contribution in [1.29, 1.82) is 0 Å². The highest BCUT2D eigenvalue weighted by atomic mass is 19.4. The third-order valence-corrected chi connectivity index (χ3v) is 5.13. The fourth-order valence-electron chi connectivity index (χ4n) is 3.19. The van der Waals surface area contributed by atoms with Crippen LogP contribution in [0.25, 0.3) is 5.69 Å². The Labute approximate surface area is 195 Å². The first-order valence-electron chi connectivity index (χ1n) is 10.6. The van der Waals surface area contributed by atoms with Crippen LogP contribution in [-0.4, -0.2) is 47.2 Å². The summed E-state index contributed by atoms with van der Waals surface area (Å²) < 4.78 is 45.1. The number of benzene rings is 2. The average Bonchev–Trinajstić information content (AvgIpc) is 3.32. The van der Waals surface area contributed by atoms with Gasteiger partial charge in [0.05, 0.1) is 11.7 Å². The SMILES string of the molecule is CCC(NC(=O)c1ccc(-n2ccc(C(F)(F)F)n2)cc1)c1ccccc1OCC(=O)N(C)C. The lowest BCUT2D eigenvalue weighted by Gasteiger charge is -2.21. The van der Waals surface area contributed by atoms with Crippen molar-refractivity contribution in [2.75, 3.05) is 20.7 Å². The van der Waals surface area contributed by atoms with Gasteiger partial charge in [-0.1, -0.05) is 25.1 Å². The van der Waals surface area contributed by atoms with Crippen LogP contribution in [0.4, 0.5) is 13.2 Å². The molecule has 1 N–H and O–H groups in total. The number of carbonyl (C=O) groups excluding carboxylic acids is 2. The standard InChI is InChI=1S/C24H25F3N4O3/c1-4-19(18-7-5-6-8-20(18)34-15-22(32)30(2)3)28-23(33)16-9-11-17(12-10-16)31-14-13-21(29-31)24(25,26)27/h5-14,19H,4,15H2,1-3H3,(H,28,33). The van der Waals surface area contributed by atoms with Gasteiger partial charge in [0.25, 0.3) is 11.8 Å². The van der Waals surface area contributed by atoms with Crippen LogP contribution in [0.3, 0.4) is 0 Å². The second kappa shape index (κ2) is 10.4. The number of aromatic nitrogens is 2. The van der Waals surface area contributed by atoms with Gasteiger partial charge in [0.15, 0.2) is 12.3 Å². The summed E-state index contributed by atoms with van der Waals surface area (Å²) in [4.78, 5) is 26.2. The van der Waals surface area contributed by atoms with E-state index in [0.717, 1.165) is 16.3 Å². The lowest BCUT2D eigenvalue weighted by Crippen LogP contribution is -2.30. The summed E-state index contributed by atoms with van der Waals surface area (Å²) in [6.07, 6.45) is -2.75. The molecule has 7 nitrogen and oxygen atoms in total. The summed E-state index contributed by atoms with van der Waals surface area (Å²) in [6.45, 7) is 1.78. The third-order valence-electron chi connectivity index (χ3n) is 5.13. The minimum atomic E-state index is -4.53. The largest absolute Gasteiger partial charge is 0.483 e. The molecule has 0 spiro atoms. The molecule has 0 bridgehead atoms. The van der Waals surface area contributed by atoms with Crippen molar-refractivity contribution in [3.63, 3.8) is 0 Å². The van der Waals surface area contributed by atoms with E-state index in [1.807, 2.05) is 19.1 Å². The first-order valence-corrected chi connectivity index (χ1v) is 10.6. The molecule has 2 aromatic carbocycles. The topological polar surface area (TPSA) is 76.5 Å². The molecule has 34 heavy (non-hydrogen) atoms. The van der Waals surface area contributed by atoms with Crippen molar-refractivity contribution in [2.45, 2.75) is 25.6 Å². The van der Waals surface area contributed by atoms with Gasteiger partial charge in [-0.2, -0.15) is 18.3 Å². The summed E-state index contributed by atoms with van der Waals surface area (Å²) in [7, 11) is 3.28. The number of carbonyl (C=O) groups is 2. The molecule has 0 radical (unpaired) electrons. The monoisotopic (exact) mass is 474 g/mol. The molecule has 0 aliphatic heterocycles. The second-order valence-corrected chi connectivity index (χ2v) is 7.74. The first kappa shape index (κ1) is 24.8. The maximum absolute atomic E-state index is 12.9. The van der Waals surface area contributed by atoms with E-state index in [-0.39, 0.29) is 24.5 Å². The summed E-state index contributed by atoms with van der Waals surface area (Å²) in [5, 5.41) is 6.48. The van der Waals surface area contributed by atoms with Crippen molar-refractivity contribution in [1.82, 2.24) is 20.0 Å². The number of likely N-dealkylation sites (N-methyl/N-ethyl adjacent to an activating group) is 1. The molecule has 2 amide bonds. The van der Waals surface area contributed by atoms with Gasteiger partial charge in [-0.15, -0.1) is 0 Å². The van der Waals surface area contributed by atoms with Crippen molar-refractivity contribution in [3.05, 3.63) is 77.6 Å². The number of para-hydroxylation sites is 1. The number of hydrogen-bond acceptors (Lipinski definition) is 4. The predicted octanol–water partition coefficient (Wildman–Crippen LogP) is 4.24. The minimum Gasteiger partial charge on any atom is -0.483 e. The van der Waals surface area contributed by atoms with Crippen LogP contribution >= 0.6 is 0 Å². The molecule has 1 heterocycles. The quantitative estimate of drug-likeness (QED) is 0.530. The molecule has 0 aliphatic carbocycles. The zero-order chi connectivity index (χ0) is 24.9. The summed E-state index contributed by atoms with van der Waals surface area (Å²) in [5.74, 6) is -0.0418. The number of halogens is 3. The predicted molar refractivity (Wildman–Crippen MR) is 120 cm³/mol. The Hall–Kier alpha value is -3.82. The van der Waals surface area contributed by atoms with Gasteiger partial charge in [-0.3, -0.25) is 9.59 Å². The number of rotatable bonds is 8. The van der Waals surface area contributed by atoms with E-state index in [1.165, 1.54) is 35.4 Å². The fraction of sp³-hybridized carbons (Fsp3) is 0.292. The molecular weight excluding hydrogens is 449 g/mol. The van der Waals surface area contributed by atoms with E-state index < -0.39 is 11.9 Å². The Morgan fingerprint density at radius 2 is 1.76 bits per heavy atom. The Kier molecular flexibility index (Phi) is 7.60. The number of amides is 2. The average molecular weight is 474 g/mol. The van der Waals surface area contributed by atoms with Crippen LogP contribution in [-0.2, 0) is 11.0 Å². The van der Waals surface area contributed by atoms with Crippen molar-refractivity contribution >= 4 is 11.8 Å². The van der Waals surface area contributed by atoms with Gasteiger partial charge < -0.3 is 15.0 Å². The molecule has 0 saturated carbocycles. The van der Waals surface area contributed by atoms with Crippen LogP contribution in [0.2, 0.25) is 0 Å². The Balaban J connectivity index is 1.72. The van der Waals surface area contributed by atoms with Crippen LogP contribution in [0.5, 0.6) is 5.75 Å². The van der Waals surface area contributed by atoms with E-state index in [1.54, 1.807) is 26.2 Å². The maximum Gasteiger partial charge on any atom is 0.435 e. The van der Waals surface area contributed by atoms with Gasteiger partial charge in [-0.25, -0.2) is 4.68 Å². The van der Waals surface area contributed by atoms with E-state index in [2.05, 4.69) is 10.4 Å². The number of hydrogen-bond donors (Lipinski definition) is 1. The second-order valence-electron chi connectivity index (χ2n) is 7.74. The zero-order valence-electron chi connectivity index (χ0n) is 19.0. The van der Waals surface area contributed by atoms with Crippen molar-refractivity contribution in [3.8, 4) is 11.4 Å². The normalized spacial score (nSPS) is 12.2.